The summed E-state index contributed by atoms with van der Waals surface area (Å²) < 4.78 is 8.88. The van der Waals surface area contributed by atoms with E-state index in [1.807, 2.05) is 12.1 Å². The molecule has 0 amide bonds. The van der Waals surface area contributed by atoms with Gasteiger partial charge in [-0.05, 0) is 53.6 Å². The highest BCUT2D eigenvalue weighted by Crippen LogP contribution is 2.41. The fraction of sp³-hybridized carbons (Fsp3) is 0. The predicted molar refractivity (Wildman–Crippen MR) is 192 cm³/mol. The van der Waals surface area contributed by atoms with Crippen molar-refractivity contribution in [3.05, 3.63) is 158 Å². The second-order valence-electron chi connectivity index (χ2n) is 11.9. The number of benzene rings is 7. The van der Waals surface area contributed by atoms with E-state index < -0.39 is 0 Å². The van der Waals surface area contributed by atoms with Crippen LogP contribution >= 0.6 is 0 Å². The molecule has 3 nitrogen and oxygen atoms in total. The molecule has 0 atom stereocenters. The standard InChI is InChI=1S/C43H26N2O/c1-2-10-30(11-3-1)45-38-16-8-5-12-31(38)32-23-22-29(26-39(32)45)27-18-20-28(21-19-27)42-36-25-24-34-33-13-6-9-17-40(33)46-43(34)41(36)35-14-4-7-15-37(35)44-42/h1-26H. The van der Waals surface area contributed by atoms with Gasteiger partial charge in [0.2, 0.25) is 0 Å². The van der Waals surface area contributed by atoms with Gasteiger partial charge >= 0.3 is 0 Å². The lowest BCUT2D eigenvalue weighted by molar-refractivity contribution is 0.673. The number of fused-ring (bicyclic) bond motifs is 10. The van der Waals surface area contributed by atoms with Crippen LogP contribution in [0.1, 0.15) is 0 Å². The Morgan fingerprint density at radius 1 is 0.435 bits per heavy atom. The second-order valence-corrected chi connectivity index (χ2v) is 11.9. The van der Waals surface area contributed by atoms with Crippen LogP contribution in [0.25, 0.3) is 93.5 Å². The van der Waals surface area contributed by atoms with E-state index in [4.69, 9.17) is 9.40 Å². The van der Waals surface area contributed by atoms with Crippen molar-refractivity contribution in [1.82, 2.24) is 9.55 Å². The molecule has 0 saturated heterocycles. The first-order chi connectivity index (χ1) is 22.8. The lowest BCUT2D eigenvalue weighted by Crippen LogP contribution is -1.93. The average Bonchev–Trinajstić information content (AvgIpc) is 3.67. The van der Waals surface area contributed by atoms with Gasteiger partial charge in [0.05, 0.1) is 22.2 Å². The molecular weight excluding hydrogens is 560 g/mol. The van der Waals surface area contributed by atoms with Crippen molar-refractivity contribution in [2.75, 3.05) is 0 Å². The maximum Gasteiger partial charge on any atom is 0.144 e. The number of nitrogens with zero attached hydrogens (tertiary/aromatic N) is 2. The Balaban J connectivity index is 1.15. The van der Waals surface area contributed by atoms with E-state index in [2.05, 4.69) is 150 Å². The highest BCUT2D eigenvalue weighted by molar-refractivity contribution is 6.24. The third-order valence-corrected chi connectivity index (χ3v) is 9.39. The Bertz CT molecular complexity index is 2790. The molecule has 0 bridgehead atoms. The average molecular weight is 587 g/mol. The number of hydrogen-bond acceptors (Lipinski definition) is 2. The van der Waals surface area contributed by atoms with Gasteiger partial charge in [-0.1, -0.05) is 115 Å². The van der Waals surface area contributed by atoms with Crippen molar-refractivity contribution < 1.29 is 4.42 Å². The summed E-state index contributed by atoms with van der Waals surface area (Å²) >= 11 is 0. The van der Waals surface area contributed by atoms with Gasteiger partial charge in [0.1, 0.15) is 11.2 Å². The molecule has 0 spiro atoms. The van der Waals surface area contributed by atoms with Crippen LogP contribution in [0.4, 0.5) is 0 Å². The first kappa shape index (κ1) is 25.2. The molecule has 0 aliphatic carbocycles. The second kappa shape index (κ2) is 9.65. The number of hydrogen-bond donors (Lipinski definition) is 0. The van der Waals surface area contributed by atoms with Crippen molar-refractivity contribution in [3.63, 3.8) is 0 Å². The molecule has 0 fully saturated rings. The zero-order valence-electron chi connectivity index (χ0n) is 24.8. The third kappa shape index (κ3) is 3.63. The zero-order chi connectivity index (χ0) is 30.2. The summed E-state index contributed by atoms with van der Waals surface area (Å²) in [6.07, 6.45) is 0. The largest absolute Gasteiger partial charge is 0.455 e. The fourth-order valence-corrected chi connectivity index (χ4v) is 7.26. The molecule has 10 rings (SSSR count). The van der Waals surface area contributed by atoms with Crippen molar-refractivity contribution in [1.29, 1.82) is 0 Å². The number of pyridine rings is 1. The SMILES string of the molecule is c1ccc(-n2c3ccccc3c3ccc(-c4ccc(-c5nc6ccccc6c6c5ccc5c7ccccc7oc56)cc4)cc32)cc1. The smallest absolute Gasteiger partial charge is 0.144 e. The summed E-state index contributed by atoms with van der Waals surface area (Å²) in [6, 6.07) is 55.9. The molecule has 7 aromatic carbocycles. The van der Waals surface area contributed by atoms with E-state index in [-0.39, 0.29) is 0 Å². The minimum Gasteiger partial charge on any atom is -0.455 e. The molecule has 0 unspecified atom stereocenters. The Morgan fingerprint density at radius 2 is 1.07 bits per heavy atom. The van der Waals surface area contributed by atoms with Crippen LogP contribution < -0.4 is 0 Å². The molecule has 3 heteroatoms. The number of para-hydroxylation sites is 4. The summed E-state index contributed by atoms with van der Waals surface area (Å²) in [5, 5.41) is 8.08. The first-order valence-corrected chi connectivity index (χ1v) is 15.6. The summed E-state index contributed by atoms with van der Waals surface area (Å²) in [5.74, 6) is 0. The molecule has 214 valence electrons. The highest BCUT2D eigenvalue weighted by atomic mass is 16.3. The molecule has 3 aromatic heterocycles. The van der Waals surface area contributed by atoms with Gasteiger partial charge in [0.25, 0.3) is 0 Å². The molecule has 0 aliphatic rings. The molecule has 0 N–H and O–H groups in total. The van der Waals surface area contributed by atoms with Crippen LogP contribution in [-0.2, 0) is 0 Å². The van der Waals surface area contributed by atoms with Gasteiger partial charge in [0.15, 0.2) is 0 Å². The zero-order valence-corrected chi connectivity index (χ0v) is 24.8. The number of furan rings is 1. The number of rotatable bonds is 3. The van der Waals surface area contributed by atoms with Crippen LogP contribution in [0, 0.1) is 0 Å². The Hall–Kier alpha value is -6.19. The van der Waals surface area contributed by atoms with Gasteiger partial charge in [-0.25, -0.2) is 4.98 Å². The van der Waals surface area contributed by atoms with Crippen LogP contribution in [-0.4, -0.2) is 9.55 Å². The van der Waals surface area contributed by atoms with Crippen molar-refractivity contribution in [3.8, 4) is 28.1 Å². The van der Waals surface area contributed by atoms with E-state index in [0.717, 1.165) is 60.6 Å². The monoisotopic (exact) mass is 586 g/mol. The third-order valence-electron chi connectivity index (χ3n) is 9.39. The maximum atomic E-state index is 6.51. The maximum absolute atomic E-state index is 6.51. The quantitative estimate of drug-likeness (QED) is 0.193. The molecule has 46 heavy (non-hydrogen) atoms. The Kier molecular flexibility index (Phi) is 5.28. The lowest BCUT2D eigenvalue weighted by atomic mass is 9.96. The normalized spacial score (nSPS) is 11.9. The molecule has 3 heterocycles. The summed E-state index contributed by atoms with van der Waals surface area (Å²) in [4.78, 5) is 5.20. The van der Waals surface area contributed by atoms with Gasteiger partial charge in [-0.2, -0.15) is 0 Å². The highest BCUT2D eigenvalue weighted by Gasteiger charge is 2.18. The van der Waals surface area contributed by atoms with E-state index in [0.29, 0.717) is 0 Å². The minimum absolute atomic E-state index is 0.903. The van der Waals surface area contributed by atoms with Gasteiger partial charge in [-0.3, -0.25) is 0 Å². The van der Waals surface area contributed by atoms with Crippen LogP contribution in [0.5, 0.6) is 0 Å². The molecular formula is C43H26N2O. The summed E-state index contributed by atoms with van der Waals surface area (Å²) in [5.41, 5.74) is 10.7. The van der Waals surface area contributed by atoms with Gasteiger partial charge < -0.3 is 8.98 Å². The van der Waals surface area contributed by atoms with E-state index in [1.54, 1.807) is 0 Å². The summed E-state index contributed by atoms with van der Waals surface area (Å²) in [7, 11) is 0. The van der Waals surface area contributed by atoms with Crippen LogP contribution in [0.2, 0.25) is 0 Å². The van der Waals surface area contributed by atoms with E-state index in [1.165, 1.54) is 32.9 Å². The Labute approximate surface area is 264 Å². The van der Waals surface area contributed by atoms with Crippen LogP contribution in [0.15, 0.2) is 162 Å². The van der Waals surface area contributed by atoms with Gasteiger partial charge in [0, 0.05) is 49.0 Å². The molecule has 10 aromatic rings. The first-order valence-electron chi connectivity index (χ1n) is 15.6. The molecule has 0 radical (unpaired) electrons. The lowest BCUT2D eigenvalue weighted by Gasteiger charge is -2.12. The van der Waals surface area contributed by atoms with E-state index >= 15 is 0 Å². The summed E-state index contributed by atoms with van der Waals surface area (Å²) in [6.45, 7) is 0. The number of aromatic nitrogens is 2. The topological polar surface area (TPSA) is 31.0 Å². The van der Waals surface area contributed by atoms with Gasteiger partial charge in [-0.15, -0.1) is 0 Å². The van der Waals surface area contributed by atoms with E-state index in [9.17, 15) is 0 Å². The fourth-order valence-electron chi connectivity index (χ4n) is 7.26. The molecule has 0 aliphatic heterocycles. The van der Waals surface area contributed by atoms with Crippen molar-refractivity contribution in [2.24, 2.45) is 0 Å². The van der Waals surface area contributed by atoms with Crippen molar-refractivity contribution in [2.45, 2.75) is 0 Å². The van der Waals surface area contributed by atoms with Crippen molar-refractivity contribution >= 4 is 65.4 Å². The Morgan fingerprint density at radius 3 is 1.93 bits per heavy atom. The predicted octanol–water partition coefficient (Wildman–Crippen LogP) is 11.7. The minimum atomic E-state index is 0.903. The van der Waals surface area contributed by atoms with Crippen LogP contribution in [0.3, 0.4) is 0 Å². The molecule has 0 saturated carbocycles.